The zero-order valence-electron chi connectivity index (χ0n) is 14.9. The van der Waals surface area contributed by atoms with Crippen LogP contribution in [0.3, 0.4) is 0 Å². The van der Waals surface area contributed by atoms with Crippen molar-refractivity contribution in [2.24, 2.45) is 0 Å². The summed E-state index contributed by atoms with van der Waals surface area (Å²) < 4.78 is 11.7. The van der Waals surface area contributed by atoms with Gasteiger partial charge in [0.15, 0.2) is 5.76 Å². The fourth-order valence-electron chi connectivity index (χ4n) is 3.38. The van der Waals surface area contributed by atoms with Gasteiger partial charge in [-0.25, -0.2) is 0 Å². The smallest absolute Gasteiger partial charge is 0.171 e. The lowest BCUT2D eigenvalue weighted by Gasteiger charge is -2.11. The molecule has 0 radical (unpaired) electrons. The summed E-state index contributed by atoms with van der Waals surface area (Å²) in [4.78, 5) is 0. The van der Waals surface area contributed by atoms with Crippen LogP contribution in [0.5, 0.6) is 0 Å². The van der Waals surface area contributed by atoms with Gasteiger partial charge < -0.3 is 9.26 Å². The highest BCUT2D eigenvalue weighted by atomic mass is 32.2. The van der Waals surface area contributed by atoms with Gasteiger partial charge in [-0.15, -0.1) is 0 Å². The van der Waals surface area contributed by atoms with E-state index in [1.54, 1.807) is 0 Å². The third-order valence-electron chi connectivity index (χ3n) is 4.74. The van der Waals surface area contributed by atoms with Gasteiger partial charge in [0, 0.05) is 28.2 Å². The molecular weight excluding hydrogens is 342 g/mol. The van der Waals surface area contributed by atoms with E-state index in [1.807, 2.05) is 48.2 Å². The molecule has 1 fully saturated rings. The number of aromatic nitrogens is 1. The molecule has 26 heavy (non-hydrogen) atoms. The molecule has 0 bridgehead atoms. The molecule has 1 aromatic heterocycles. The van der Waals surface area contributed by atoms with Gasteiger partial charge in [0.05, 0.1) is 12.2 Å². The van der Waals surface area contributed by atoms with E-state index in [2.05, 4.69) is 36.3 Å². The SMILES string of the molecule is CC1CCC(CSCc2c(-c3ccccc3)noc2-c2ccccc2)O1. The molecule has 0 aliphatic carbocycles. The molecule has 0 N–H and O–H groups in total. The number of nitrogens with zero attached hydrogens (tertiary/aromatic N) is 1. The van der Waals surface area contributed by atoms with Crippen LogP contribution in [0.2, 0.25) is 0 Å². The van der Waals surface area contributed by atoms with Crippen LogP contribution in [-0.4, -0.2) is 23.1 Å². The average Bonchev–Trinajstić information content (AvgIpc) is 3.29. The number of rotatable bonds is 6. The highest BCUT2D eigenvalue weighted by molar-refractivity contribution is 7.98. The van der Waals surface area contributed by atoms with Gasteiger partial charge in [-0.2, -0.15) is 11.8 Å². The molecule has 134 valence electrons. The Hall–Kier alpha value is -2.04. The molecule has 3 aromatic rings. The summed E-state index contributed by atoms with van der Waals surface area (Å²) in [5.74, 6) is 2.75. The van der Waals surface area contributed by atoms with E-state index in [4.69, 9.17) is 9.26 Å². The second-order valence-electron chi connectivity index (χ2n) is 6.73. The van der Waals surface area contributed by atoms with Gasteiger partial charge in [-0.05, 0) is 19.8 Å². The molecule has 0 spiro atoms. The predicted octanol–water partition coefficient (Wildman–Crippen LogP) is 5.81. The van der Waals surface area contributed by atoms with Crippen molar-refractivity contribution in [1.82, 2.24) is 5.16 Å². The Morgan fingerprint density at radius 3 is 2.31 bits per heavy atom. The van der Waals surface area contributed by atoms with Crippen molar-refractivity contribution in [3.05, 3.63) is 66.2 Å². The molecule has 1 aliphatic heterocycles. The first-order valence-electron chi connectivity index (χ1n) is 9.14. The first kappa shape index (κ1) is 17.4. The van der Waals surface area contributed by atoms with Crippen LogP contribution in [-0.2, 0) is 10.5 Å². The Morgan fingerprint density at radius 2 is 1.65 bits per heavy atom. The highest BCUT2D eigenvalue weighted by Crippen LogP contribution is 2.35. The fraction of sp³-hybridized carbons (Fsp3) is 0.318. The van der Waals surface area contributed by atoms with E-state index in [0.29, 0.717) is 12.2 Å². The van der Waals surface area contributed by atoms with Crippen LogP contribution in [0.1, 0.15) is 25.3 Å². The summed E-state index contributed by atoms with van der Waals surface area (Å²) in [7, 11) is 0. The first-order chi connectivity index (χ1) is 12.8. The zero-order valence-corrected chi connectivity index (χ0v) is 15.7. The molecule has 1 aliphatic rings. The van der Waals surface area contributed by atoms with Crippen molar-refractivity contribution in [2.45, 2.75) is 37.7 Å². The van der Waals surface area contributed by atoms with Gasteiger partial charge in [-0.3, -0.25) is 0 Å². The molecular formula is C22H23NO2S. The molecule has 1 saturated heterocycles. The minimum Gasteiger partial charge on any atom is -0.374 e. The molecule has 4 heteroatoms. The minimum atomic E-state index is 0.371. The highest BCUT2D eigenvalue weighted by Gasteiger charge is 2.23. The molecule has 3 nitrogen and oxygen atoms in total. The van der Waals surface area contributed by atoms with Gasteiger partial charge in [0.25, 0.3) is 0 Å². The van der Waals surface area contributed by atoms with Crippen molar-refractivity contribution in [1.29, 1.82) is 0 Å². The van der Waals surface area contributed by atoms with Crippen LogP contribution in [0.4, 0.5) is 0 Å². The molecule has 2 atom stereocenters. The molecule has 2 heterocycles. The summed E-state index contributed by atoms with van der Waals surface area (Å²) in [6.07, 6.45) is 3.10. The molecule has 0 saturated carbocycles. The van der Waals surface area contributed by atoms with E-state index in [9.17, 15) is 0 Å². The lowest BCUT2D eigenvalue weighted by atomic mass is 10.0. The van der Waals surface area contributed by atoms with Crippen LogP contribution in [0, 0.1) is 0 Å². The van der Waals surface area contributed by atoms with Crippen molar-refractivity contribution >= 4 is 11.8 Å². The van der Waals surface area contributed by atoms with Crippen LogP contribution in [0.25, 0.3) is 22.6 Å². The van der Waals surface area contributed by atoms with Crippen LogP contribution < -0.4 is 0 Å². The summed E-state index contributed by atoms with van der Waals surface area (Å²) in [5, 5.41) is 4.41. The average molecular weight is 365 g/mol. The Kier molecular flexibility index (Phi) is 5.42. The van der Waals surface area contributed by atoms with Crippen LogP contribution in [0.15, 0.2) is 65.2 Å². The van der Waals surface area contributed by atoms with Crippen molar-refractivity contribution in [3.8, 4) is 22.6 Å². The monoisotopic (exact) mass is 365 g/mol. The second-order valence-corrected chi connectivity index (χ2v) is 7.76. The summed E-state index contributed by atoms with van der Waals surface area (Å²) in [6.45, 7) is 2.16. The lowest BCUT2D eigenvalue weighted by Crippen LogP contribution is -2.11. The standard InChI is InChI=1S/C22H23NO2S/c1-16-12-13-19(24-16)14-26-15-20-21(17-8-4-2-5-9-17)23-25-22(20)18-10-6-3-7-11-18/h2-11,16,19H,12-15H2,1H3. The zero-order chi connectivity index (χ0) is 17.8. The Labute approximate surface area is 158 Å². The maximum atomic E-state index is 5.95. The predicted molar refractivity (Wildman–Crippen MR) is 107 cm³/mol. The summed E-state index contributed by atoms with van der Waals surface area (Å²) in [5.41, 5.74) is 4.28. The Morgan fingerprint density at radius 1 is 0.962 bits per heavy atom. The molecule has 4 rings (SSSR count). The minimum absolute atomic E-state index is 0.371. The van der Waals surface area contributed by atoms with E-state index in [-0.39, 0.29) is 0 Å². The topological polar surface area (TPSA) is 35.3 Å². The molecule has 2 aromatic carbocycles. The second kappa shape index (κ2) is 8.11. The summed E-state index contributed by atoms with van der Waals surface area (Å²) in [6, 6.07) is 20.5. The van der Waals surface area contributed by atoms with Gasteiger partial charge in [0.2, 0.25) is 0 Å². The van der Waals surface area contributed by atoms with E-state index < -0.39 is 0 Å². The van der Waals surface area contributed by atoms with Gasteiger partial charge in [-0.1, -0.05) is 65.8 Å². The number of thioether (sulfide) groups is 1. The van der Waals surface area contributed by atoms with Crippen LogP contribution >= 0.6 is 11.8 Å². The van der Waals surface area contributed by atoms with E-state index in [1.165, 1.54) is 12.0 Å². The first-order valence-corrected chi connectivity index (χ1v) is 10.3. The van der Waals surface area contributed by atoms with Crippen molar-refractivity contribution in [3.63, 3.8) is 0 Å². The molecule has 2 unspecified atom stereocenters. The van der Waals surface area contributed by atoms with E-state index >= 15 is 0 Å². The van der Waals surface area contributed by atoms with Gasteiger partial charge >= 0.3 is 0 Å². The van der Waals surface area contributed by atoms with Crippen molar-refractivity contribution in [2.75, 3.05) is 5.75 Å². The number of hydrogen-bond acceptors (Lipinski definition) is 4. The largest absolute Gasteiger partial charge is 0.374 e. The normalized spacial score (nSPS) is 19.7. The lowest BCUT2D eigenvalue weighted by molar-refractivity contribution is 0.0700. The Bertz CT molecular complexity index is 775. The maximum Gasteiger partial charge on any atom is 0.171 e. The number of benzene rings is 2. The molecule has 0 amide bonds. The van der Waals surface area contributed by atoms with Crippen molar-refractivity contribution < 1.29 is 9.26 Å². The quantitative estimate of drug-likeness (QED) is 0.552. The Balaban J connectivity index is 1.58. The fourth-order valence-corrected chi connectivity index (χ4v) is 4.48. The third kappa shape index (κ3) is 3.87. The third-order valence-corrected chi connectivity index (χ3v) is 5.84. The maximum absolute atomic E-state index is 5.95. The van der Waals surface area contributed by atoms with E-state index in [0.717, 1.165) is 40.5 Å². The van der Waals surface area contributed by atoms with Gasteiger partial charge in [0.1, 0.15) is 5.69 Å². The number of hydrogen-bond donors (Lipinski definition) is 0. The number of ether oxygens (including phenoxy) is 1. The summed E-state index contributed by atoms with van der Waals surface area (Å²) >= 11 is 1.90.